The van der Waals surface area contributed by atoms with Crippen LogP contribution >= 0.6 is 15.9 Å². The summed E-state index contributed by atoms with van der Waals surface area (Å²) in [5.74, 6) is -0.548. The molecule has 4 nitrogen and oxygen atoms in total. The van der Waals surface area contributed by atoms with Crippen LogP contribution in [0.5, 0.6) is 0 Å². The molecule has 0 radical (unpaired) electrons. The molecule has 1 heterocycles. The van der Waals surface area contributed by atoms with E-state index in [-0.39, 0.29) is 28.0 Å². The van der Waals surface area contributed by atoms with Gasteiger partial charge >= 0.3 is 12.4 Å². The first-order valence-corrected chi connectivity index (χ1v) is 8.56. The van der Waals surface area contributed by atoms with E-state index in [0.717, 1.165) is 12.1 Å². The van der Waals surface area contributed by atoms with Crippen molar-refractivity contribution in [3.8, 4) is 0 Å². The number of alkyl halides is 6. The lowest BCUT2D eigenvalue weighted by molar-refractivity contribution is -0.141. The monoisotopic (exact) mass is 456 g/mol. The zero-order valence-electron chi connectivity index (χ0n) is 14.1. The van der Waals surface area contributed by atoms with Gasteiger partial charge in [0.2, 0.25) is 5.95 Å². The van der Waals surface area contributed by atoms with E-state index >= 15 is 0 Å². The van der Waals surface area contributed by atoms with Crippen LogP contribution in [-0.4, -0.2) is 16.0 Å². The normalized spacial score (nSPS) is 13.4. The minimum absolute atomic E-state index is 0.0631. The minimum Gasteiger partial charge on any atom is -0.352 e. The lowest BCUT2D eigenvalue weighted by Crippen LogP contribution is -2.18. The average molecular weight is 457 g/mol. The molecule has 0 aliphatic heterocycles. The lowest BCUT2D eigenvalue weighted by atomic mass is 10.2. The predicted molar refractivity (Wildman–Crippen MR) is 92.8 cm³/mol. The highest BCUT2D eigenvalue weighted by Crippen LogP contribution is 2.37. The first-order chi connectivity index (χ1) is 12.4. The molecule has 2 N–H and O–H groups in total. The maximum atomic E-state index is 13.1. The highest BCUT2D eigenvalue weighted by molar-refractivity contribution is 9.10. The first kappa shape index (κ1) is 21.3. The van der Waals surface area contributed by atoms with Crippen molar-refractivity contribution in [1.82, 2.24) is 9.97 Å². The number of halogens is 7. The van der Waals surface area contributed by atoms with Crippen LogP contribution in [-0.2, 0) is 12.4 Å². The van der Waals surface area contributed by atoms with E-state index in [9.17, 15) is 26.3 Å². The third-order valence-corrected chi connectivity index (χ3v) is 4.24. The Kier molecular flexibility index (Phi) is 6.23. The molecule has 1 aromatic heterocycles. The van der Waals surface area contributed by atoms with E-state index < -0.39 is 23.6 Å². The van der Waals surface area contributed by atoms with E-state index in [0.29, 0.717) is 12.5 Å². The molecule has 0 unspecified atom stereocenters. The molecule has 27 heavy (non-hydrogen) atoms. The summed E-state index contributed by atoms with van der Waals surface area (Å²) in [6.07, 6.45) is -8.74. The van der Waals surface area contributed by atoms with Crippen LogP contribution in [0.1, 0.15) is 31.5 Å². The molecule has 0 saturated heterocycles. The lowest BCUT2D eigenvalue weighted by Gasteiger charge is -2.16. The highest BCUT2D eigenvalue weighted by Gasteiger charge is 2.35. The molecule has 1 aromatic carbocycles. The van der Waals surface area contributed by atoms with Crippen LogP contribution in [0.2, 0.25) is 0 Å². The summed E-state index contributed by atoms with van der Waals surface area (Å²) >= 11 is 2.80. The fourth-order valence-corrected chi connectivity index (χ4v) is 2.48. The molecule has 11 heteroatoms. The van der Waals surface area contributed by atoms with Crippen molar-refractivity contribution in [2.75, 3.05) is 10.6 Å². The van der Waals surface area contributed by atoms with Crippen molar-refractivity contribution >= 4 is 33.4 Å². The zero-order valence-corrected chi connectivity index (χ0v) is 15.7. The zero-order chi connectivity index (χ0) is 20.4. The maximum absolute atomic E-state index is 13.1. The number of nitrogens with zero attached hydrogens (tertiary/aromatic N) is 2. The maximum Gasteiger partial charge on any atom is 0.433 e. The largest absolute Gasteiger partial charge is 0.433 e. The second kappa shape index (κ2) is 7.91. The van der Waals surface area contributed by atoms with Gasteiger partial charge in [-0.1, -0.05) is 22.9 Å². The molecule has 0 aliphatic carbocycles. The highest BCUT2D eigenvalue weighted by atomic mass is 79.9. The van der Waals surface area contributed by atoms with Crippen molar-refractivity contribution in [3.05, 3.63) is 40.0 Å². The summed E-state index contributed by atoms with van der Waals surface area (Å²) < 4.78 is 78.0. The van der Waals surface area contributed by atoms with E-state index in [4.69, 9.17) is 0 Å². The van der Waals surface area contributed by atoms with Gasteiger partial charge in [-0.05, 0) is 31.5 Å². The van der Waals surface area contributed by atoms with Gasteiger partial charge in [-0.25, -0.2) is 4.98 Å². The molecule has 148 valence electrons. The second-order valence-electron chi connectivity index (χ2n) is 5.73. The van der Waals surface area contributed by atoms with Crippen molar-refractivity contribution in [2.45, 2.75) is 38.7 Å². The number of nitrogens with one attached hydrogen (secondary N) is 2. The SMILES string of the molecule is CC[C@H](C)Nc1nc(Nc2ccc(Br)c(C(F)(F)F)c2)cc(C(F)(F)F)n1. The van der Waals surface area contributed by atoms with Crippen LogP contribution in [0.3, 0.4) is 0 Å². The number of aromatic nitrogens is 2. The standard InChI is InChI=1S/C16H15BrF6N4/c1-3-8(2)24-14-26-12(16(21,22)23)7-13(27-14)25-9-4-5-11(17)10(6-9)15(18,19)20/h4-8H,3H2,1-2H3,(H2,24,25,26,27)/t8-/m0/s1. The molecular formula is C16H15BrF6N4. The van der Waals surface area contributed by atoms with Crippen LogP contribution < -0.4 is 10.6 Å². The van der Waals surface area contributed by atoms with Crippen LogP contribution in [0.4, 0.5) is 43.8 Å². The van der Waals surface area contributed by atoms with Gasteiger partial charge in [-0.3, -0.25) is 0 Å². The van der Waals surface area contributed by atoms with Gasteiger partial charge < -0.3 is 10.6 Å². The third kappa shape index (κ3) is 5.72. The number of benzene rings is 1. The van der Waals surface area contributed by atoms with Crippen molar-refractivity contribution < 1.29 is 26.3 Å². The van der Waals surface area contributed by atoms with Gasteiger partial charge in [0.25, 0.3) is 0 Å². The summed E-state index contributed by atoms with van der Waals surface area (Å²) in [6, 6.07) is 3.66. The van der Waals surface area contributed by atoms with Gasteiger partial charge in [0, 0.05) is 22.3 Å². The Morgan fingerprint density at radius 1 is 1.04 bits per heavy atom. The van der Waals surface area contributed by atoms with E-state index in [1.165, 1.54) is 6.07 Å². The molecule has 0 bridgehead atoms. The quantitative estimate of drug-likeness (QED) is 0.523. The molecule has 2 aromatic rings. The van der Waals surface area contributed by atoms with Crippen molar-refractivity contribution in [2.24, 2.45) is 0 Å². The van der Waals surface area contributed by atoms with Crippen molar-refractivity contribution in [3.63, 3.8) is 0 Å². The number of rotatable bonds is 5. The number of hydrogen-bond acceptors (Lipinski definition) is 4. The Morgan fingerprint density at radius 3 is 2.26 bits per heavy atom. The summed E-state index contributed by atoms with van der Waals surface area (Å²) in [4.78, 5) is 7.35. The van der Waals surface area contributed by atoms with Crippen LogP contribution in [0.25, 0.3) is 0 Å². The fraction of sp³-hybridized carbons (Fsp3) is 0.375. The van der Waals surface area contributed by atoms with Gasteiger partial charge in [0.05, 0.1) is 5.56 Å². The van der Waals surface area contributed by atoms with Gasteiger partial charge in [-0.2, -0.15) is 31.3 Å². The summed E-state index contributed by atoms with van der Waals surface area (Å²) in [5.41, 5.74) is -2.23. The second-order valence-corrected chi connectivity index (χ2v) is 6.59. The Hall–Kier alpha value is -2.04. The molecule has 2 rings (SSSR count). The molecule has 0 amide bonds. The fourth-order valence-electron chi connectivity index (χ4n) is 2.01. The van der Waals surface area contributed by atoms with Gasteiger partial charge in [0.1, 0.15) is 5.82 Å². The van der Waals surface area contributed by atoms with Gasteiger partial charge in [-0.15, -0.1) is 0 Å². The van der Waals surface area contributed by atoms with E-state index in [1.807, 2.05) is 6.92 Å². The molecule has 0 spiro atoms. The number of hydrogen-bond donors (Lipinski definition) is 2. The van der Waals surface area contributed by atoms with E-state index in [1.54, 1.807) is 6.92 Å². The molecule has 1 atom stereocenters. The van der Waals surface area contributed by atoms with Crippen LogP contribution in [0, 0.1) is 0 Å². The molecule has 0 saturated carbocycles. The minimum atomic E-state index is -4.73. The summed E-state index contributed by atoms with van der Waals surface area (Å²) in [7, 11) is 0. The average Bonchev–Trinajstić information content (AvgIpc) is 2.54. The van der Waals surface area contributed by atoms with E-state index in [2.05, 4.69) is 36.5 Å². The Labute approximate surface area is 159 Å². The van der Waals surface area contributed by atoms with Gasteiger partial charge in [0.15, 0.2) is 5.69 Å². The third-order valence-electron chi connectivity index (χ3n) is 3.55. The Balaban J connectivity index is 2.42. The smallest absolute Gasteiger partial charge is 0.352 e. The van der Waals surface area contributed by atoms with Crippen molar-refractivity contribution in [1.29, 1.82) is 0 Å². The summed E-state index contributed by atoms with van der Waals surface area (Å²) in [5, 5.41) is 5.20. The predicted octanol–water partition coefficient (Wildman–Crippen LogP) is 6.23. The Morgan fingerprint density at radius 2 is 1.70 bits per heavy atom. The molecule has 0 fully saturated rings. The topological polar surface area (TPSA) is 49.8 Å². The number of anilines is 3. The first-order valence-electron chi connectivity index (χ1n) is 7.76. The van der Waals surface area contributed by atoms with Crippen LogP contribution in [0.15, 0.2) is 28.7 Å². The molecular weight excluding hydrogens is 442 g/mol. The summed E-state index contributed by atoms with van der Waals surface area (Å²) in [6.45, 7) is 3.56. The Bertz CT molecular complexity index is 806. The molecule has 0 aliphatic rings.